The molecule has 112 valence electrons. The number of carbonyl (C=O) groups is 1. The molecule has 4 heteroatoms. The fourth-order valence-corrected chi connectivity index (χ4v) is 2.39. The topological polar surface area (TPSA) is 66.0 Å². The molecular formula is C18H18N2O2. The van der Waals surface area contributed by atoms with Crippen molar-refractivity contribution in [1.82, 2.24) is 5.32 Å². The van der Waals surface area contributed by atoms with Crippen LogP contribution in [0.25, 0.3) is 6.08 Å². The second-order valence-electron chi connectivity index (χ2n) is 5.24. The number of hydrogen-bond acceptors (Lipinski definition) is 3. The van der Waals surface area contributed by atoms with Gasteiger partial charge in [0.05, 0.1) is 12.8 Å². The summed E-state index contributed by atoms with van der Waals surface area (Å²) in [5, 5.41) is 11.9. The first kappa shape index (κ1) is 15.6. The third kappa shape index (κ3) is 3.64. The molecule has 0 aliphatic rings. The molecule has 1 aromatic carbocycles. The molecule has 2 aromatic rings. The second-order valence-corrected chi connectivity index (χ2v) is 5.24. The standard InChI is InChI=1S/C18H18N2O2/c1-12-7-13(2)17(14(3)8-12)9-15(10-19)18(21)20-11-16-5-4-6-22-16/h4-9H,11H2,1-3H3,(H,20,21)/b15-9+. The smallest absolute Gasteiger partial charge is 0.262 e. The van der Waals surface area contributed by atoms with E-state index in [1.165, 1.54) is 0 Å². The van der Waals surface area contributed by atoms with E-state index >= 15 is 0 Å². The van der Waals surface area contributed by atoms with Gasteiger partial charge in [0.25, 0.3) is 5.91 Å². The number of amides is 1. The highest BCUT2D eigenvalue weighted by atomic mass is 16.3. The average Bonchev–Trinajstić information content (AvgIpc) is 2.97. The van der Waals surface area contributed by atoms with Gasteiger partial charge >= 0.3 is 0 Å². The lowest BCUT2D eigenvalue weighted by Gasteiger charge is -2.08. The summed E-state index contributed by atoms with van der Waals surface area (Å²) in [4.78, 5) is 12.1. The van der Waals surface area contributed by atoms with Crippen molar-refractivity contribution in [3.8, 4) is 6.07 Å². The zero-order valence-corrected chi connectivity index (χ0v) is 12.9. The van der Waals surface area contributed by atoms with Gasteiger partial charge in [0.1, 0.15) is 17.4 Å². The molecule has 0 saturated carbocycles. The van der Waals surface area contributed by atoms with Crippen LogP contribution in [0.1, 0.15) is 28.0 Å². The van der Waals surface area contributed by atoms with E-state index in [9.17, 15) is 10.1 Å². The van der Waals surface area contributed by atoms with Gasteiger partial charge in [-0.2, -0.15) is 5.26 Å². The molecule has 1 amide bonds. The van der Waals surface area contributed by atoms with Crippen molar-refractivity contribution in [3.05, 3.63) is 64.1 Å². The Kier molecular flexibility index (Phi) is 4.80. The van der Waals surface area contributed by atoms with E-state index in [0.29, 0.717) is 5.76 Å². The van der Waals surface area contributed by atoms with Gasteiger partial charge in [0.15, 0.2) is 0 Å². The SMILES string of the molecule is Cc1cc(C)c(/C=C(\C#N)C(=O)NCc2ccco2)c(C)c1. The molecule has 0 aliphatic heterocycles. The van der Waals surface area contributed by atoms with Crippen molar-refractivity contribution in [2.45, 2.75) is 27.3 Å². The number of furan rings is 1. The van der Waals surface area contributed by atoms with Crippen LogP contribution in [-0.4, -0.2) is 5.91 Å². The fraction of sp³-hybridized carbons (Fsp3) is 0.222. The van der Waals surface area contributed by atoms with E-state index in [1.54, 1.807) is 24.5 Å². The molecule has 22 heavy (non-hydrogen) atoms. The lowest BCUT2D eigenvalue weighted by Crippen LogP contribution is -2.23. The zero-order valence-electron chi connectivity index (χ0n) is 12.9. The minimum absolute atomic E-state index is 0.0848. The highest BCUT2D eigenvalue weighted by molar-refractivity contribution is 6.01. The van der Waals surface area contributed by atoms with Gasteiger partial charge in [-0.15, -0.1) is 0 Å². The van der Waals surface area contributed by atoms with Crippen molar-refractivity contribution in [2.75, 3.05) is 0 Å². The minimum atomic E-state index is -0.404. The number of aryl methyl sites for hydroxylation is 3. The molecule has 0 unspecified atom stereocenters. The summed E-state index contributed by atoms with van der Waals surface area (Å²) < 4.78 is 5.15. The van der Waals surface area contributed by atoms with Crippen molar-refractivity contribution in [1.29, 1.82) is 5.26 Å². The highest BCUT2D eigenvalue weighted by Crippen LogP contribution is 2.19. The number of hydrogen-bond donors (Lipinski definition) is 1. The summed E-state index contributed by atoms with van der Waals surface area (Å²) in [6.45, 7) is 6.23. The highest BCUT2D eigenvalue weighted by Gasteiger charge is 2.11. The van der Waals surface area contributed by atoms with Crippen LogP contribution >= 0.6 is 0 Å². The van der Waals surface area contributed by atoms with E-state index in [0.717, 1.165) is 22.3 Å². The van der Waals surface area contributed by atoms with E-state index in [2.05, 4.69) is 5.32 Å². The molecule has 4 nitrogen and oxygen atoms in total. The van der Waals surface area contributed by atoms with Gasteiger partial charge in [0.2, 0.25) is 0 Å². The molecule has 0 bridgehead atoms. The Labute approximate surface area is 130 Å². The average molecular weight is 294 g/mol. The van der Waals surface area contributed by atoms with Gasteiger partial charge in [-0.1, -0.05) is 17.7 Å². The van der Waals surface area contributed by atoms with Gasteiger partial charge in [-0.3, -0.25) is 4.79 Å². The number of benzene rings is 1. The van der Waals surface area contributed by atoms with Crippen LogP contribution in [-0.2, 0) is 11.3 Å². The van der Waals surface area contributed by atoms with E-state index in [-0.39, 0.29) is 12.1 Å². The molecule has 1 heterocycles. The third-order valence-electron chi connectivity index (χ3n) is 3.40. The summed E-state index contributed by atoms with van der Waals surface area (Å²) in [6, 6.07) is 9.56. The van der Waals surface area contributed by atoms with Gasteiger partial charge in [-0.25, -0.2) is 0 Å². The number of carbonyl (C=O) groups excluding carboxylic acids is 1. The molecule has 0 aliphatic carbocycles. The second kappa shape index (κ2) is 6.77. The maximum Gasteiger partial charge on any atom is 0.262 e. The molecule has 0 radical (unpaired) electrons. The van der Waals surface area contributed by atoms with Crippen LogP contribution in [0, 0.1) is 32.1 Å². The van der Waals surface area contributed by atoms with Crippen LogP contribution in [0.2, 0.25) is 0 Å². The molecule has 1 N–H and O–H groups in total. The molecule has 1 aromatic heterocycles. The van der Waals surface area contributed by atoms with Crippen LogP contribution in [0.4, 0.5) is 0 Å². The van der Waals surface area contributed by atoms with Crippen molar-refractivity contribution >= 4 is 12.0 Å². The Balaban J connectivity index is 2.20. The predicted molar refractivity (Wildman–Crippen MR) is 84.8 cm³/mol. The third-order valence-corrected chi connectivity index (χ3v) is 3.40. The van der Waals surface area contributed by atoms with E-state index in [1.807, 2.05) is 39.0 Å². The maximum atomic E-state index is 12.1. The Morgan fingerprint density at radius 1 is 1.32 bits per heavy atom. The van der Waals surface area contributed by atoms with Crippen molar-refractivity contribution < 1.29 is 9.21 Å². The number of nitrogens with zero attached hydrogens (tertiary/aromatic N) is 1. The van der Waals surface area contributed by atoms with Crippen LogP contribution in [0.5, 0.6) is 0 Å². The Bertz CT molecular complexity index is 727. The first-order valence-corrected chi connectivity index (χ1v) is 7.01. The predicted octanol–water partition coefficient (Wildman–Crippen LogP) is 3.43. The largest absolute Gasteiger partial charge is 0.467 e. The molecular weight excluding hydrogens is 276 g/mol. The minimum Gasteiger partial charge on any atom is -0.467 e. The van der Waals surface area contributed by atoms with Crippen LogP contribution in [0.15, 0.2) is 40.5 Å². The Morgan fingerprint density at radius 3 is 2.55 bits per heavy atom. The van der Waals surface area contributed by atoms with Gasteiger partial charge in [-0.05, 0) is 55.7 Å². The normalized spacial score (nSPS) is 11.1. The zero-order chi connectivity index (χ0) is 16.1. The first-order valence-electron chi connectivity index (χ1n) is 7.01. The van der Waals surface area contributed by atoms with Gasteiger partial charge < -0.3 is 9.73 Å². The van der Waals surface area contributed by atoms with Crippen molar-refractivity contribution in [3.63, 3.8) is 0 Å². The molecule has 0 atom stereocenters. The summed E-state index contributed by atoms with van der Waals surface area (Å²) in [5.74, 6) is 0.242. The summed E-state index contributed by atoms with van der Waals surface area (Å²) in [5.41, 5.74) is 4.25. The molecule has 0 spiro atoms. The summed E-state index contributed by atoms with van der Waals surface area (Å²) >= 11 is 0. The number of nitrogens with one attached hydrogen (secondary N) is 1. The molecule has 0 fully saturated rings. The lowest BCUT2D eigenvalue weighted by atomic mass is 9.98. The lowest BCUT2D eigenvalue weighted by molar-refractivity contribution is -0.117. The first-order chi connectivity index (χ1) is 10.5. The maximum absolute atomic E-state index is 12.1. The number of nitriles is 1. The van der Waals surface area contributed by atoms with E-state index in [4.69, 9.17) is 4.42 Å². The van der Waals surface area contributed by atoms with Crippen LogP contribution < -0.4 is 5.32 Å². The molecule has 2 rings (SSSR count). The Morgan fingerprint density at radius 2 is 2.00 bits per heavy atom. The summed E-state index contributed by atoms with van der Waals surface area (Å²) in [6.07, 6.45) is 3.18. The quantitative estimate of drug-likeness (QED) is 0.694. The summed E-state index contributed by atoms with van der Waals surface area (Å²) in [7, 11) is 0. The Hall–Kier alpha value is -2.80. The van der Waals surface area contributed by atoms with Crippen molar-refractivity contribution in [2.24, 2.45) is 0 Å². The van der Waals surface area contributed by atoms with E-state index < -0.39 is 5.91 Å². The fourth-order valence-electron chi connectivity index (χ4n) is 2.39. The number of rotatable bonds is 4. The van der Waals surface area contributed by atoms with Gasteiger partial charge in [0, 0.05) is 0 Å². The molecule has 0 saturated heterocycles. The monoisotopic (exact) mass is 294 g/mol. The van der Waals surface area contributed by atoms with Crippen LogP contribution in [0.3, 0.4) is 0 Å².